The first-order valence-corrected chi connectivity index (χ1v) is 5.00. The molecule has 15 heavy (non-hydrogen) atoms. The van der Waals surface area contributed by atoms with Crippen LogP contribution in [-0.2, 0) is 5.54 Å². The summed E-state index contributed by atoms with van der Waals surface area (Å²) in [5, 5.41) is 11.3. The minimum atomic E-state index is -1.05. The maximum atomic E-state index is 11.3. The van der Waals surface area contributed by atoms with E-state index in [0.29, 0.717) is 0 Å². The maximum absolute atomic E-state index is 11.3. The molecule has 0 saturated heterocycles. The first-order valence-electron chi connectivity index (χ1n) is 5.00. The topological polar surface area (TPSA) is 43.1 Å². The number of benzene rings is 1. The second kappa shape index (κ2) is 3.65. The SMILES string of the molecule is CC(C)(C)C(C)(c1ccccc1)[N+](=O)[O-]. The lowest BCUT2D eigenvalue weighted by Gasteiger charge is -2.33. The van der Waals surface area contributed by atoms with Gasteiger partial charge in [-0.1, -0.05) is 51.1 Å². The molecule has 3 heteroatoms. The van der Waals surface area contributed by atoms with Crippen LogP contribution in [0.5, 0.6) is 0 Å². The van der Waals surface area contributed by atoms with Crippen molar-refractivity contribution in [3.63, 3.8) is 0 Å². The Morgan fingerprint density at radius 3 is 1.87 bits per heavy atom. The Kier molecular flexibility index (Phi) is 2.84. The molecule has 1 aromatic rings. The van der Waals surface area contributed by atoms with E-state index in [1.54, 1.807) is 6.92 Å². The maximum Gasteiger partial charge on any atom is 0.249 e. The van der Waals surface area contributed by atoms with Crippen molar-refractivity contribution in [1.82, 2.24) is 0 Å². The summed E-state index contributed by atoms with van der Waals surface area (Å²) in [6.45, 7) is 7.36. The molecule has 0 aliphatic rings. The van der Waals surface area contributed by atoms with Crippen molar-refractivity contribution < 1.29 is 4.92 Å². The highest BCUT2D eigenvalue weighted by molar-refractivity contribution is 5.23. The molecule has 1 unspecified atom stereocenters. The molecule has 0 bridgehead atoms. The normalized spacial score (nSPS) is 15.7. The Bertz CT molecular complexity index is 354. The van der Waals surface area contributed by atoms with Crippen LogP contribution in [0.1, 0.15) is 33.3 Å². The molecule has 0 radical (unpaired) electrons. The van der Waals surface area contributed by atoms with Gasteiger partial charge in [-0.2, -0.15) is 0 Å². The number of nitrogens with zero attached hydrogens (tertiary/aromatic N) is 1. The van der Waals surface area contributed by atoms with Gasteiger partial charge in [-0.25, -0.2) is 0 Å². The molecular formula is C12H17NO2. The highest BCUT2D eigenvalue weighted by Gasteiger charge is 2.50. The van der Waals surface area contributed by atoms with Crippen molar-refractivity contribution >= 4 is 0 Å². The Balaban J connectivity index is 3.32. The summed E-state index contributed by atoms with van der Waals surface area (Å²) < 4.78 is 0. The Labute approximate surface area is 90.3 Å². The predicted molar refractivity (Wildman–Crippen MR) is 60.2 cm³/mol. The van der Waals surface area contributed by atoms with Crippen molar-refractivity contribution in [3.8, 4) is 0 Å². The summed E-state index contributed by atoms with van der Waals surface area (Å²) in [4.78, 5) is 11.1. The largest absolute Gasteiger partial charge is 0.264 e. The number of nitro groups is 1. The smallest absolute Gasteiger partial charge is 0.249 e. The number of rotatable bonds is 2. The average molecular weight is 207 g/mol. The predicted octanol–water partition coefficient (Wildman–Crippen LogP) is 3.22. The van der Waals surface area contributed by atoms with Gasteiger partial charge in [-0.3, -0.25) is 10.1 Å². The van der Waals surface area contributed by atoms with Gasteiger partial charge in [-0.05, 0) is 0 Å². The van der Waals surface area contributed by atoms with Crippen LogP contribution < -0.4 is 0 Å². The third-order valence-electron chi connectivity index (χ3n) is 3.16. The molecule has 0 fully saturated rings. The van der Waals surface area contributed by atoms with Gasteiger partial charge in [0, 0.05) is 22.8 Å². The van der Waals surface area contributed by atoms with Crippen LogP contribution in [0.25, 0.3) is 0 Å². The minimum Gasteiger partial charge on any atom is -0.264 e. The standard InChI is InChI=1S/C12H17NO2/c1-11(2,3)12(4,13(14)15)10-8-6-5-7-9-10/h5-9H,1-4H3. The molecule has 1 atom stereocenters. The lowest BCUT2D eigenvalue weighted by Crippen LogP contribution is -2.44. The molecule has 0 amide bonds. The van der Waals surface area contributed by atoms with Crippen molar-refractivity contribution in [2.24, 2.45) is 5.41 Å². The van der Waals surface area contributed by atoms with Gasteiger partial charge in [0.05, 0.1) is 0 Å². The molecule has 0 saturated carbocycles. The second-order valence-electron chi connectivity index (χ2n) is 4.95. The van der Waals surface area contributed by atoms with E-state index in [4.69, 9.17) is 0 Å². The molecule has 0 aliphatic carbocycles. The fourth-order valence-electron chi connectivity index (χ4n) is 1.57. The van der Waals surface area contributed by atoms with Gasteiger partial charge in [-0.15, -0.1) is 0 Å². The van der Waals surface area contributed by atoms with Crippen LogP contribution in [0.4, 0.5) is 0 Å². The lowest BCUT2D eigenvalue weighted by molar-refractivity contribution is -0.594. The first kappa shape index (κ1) is 11.7. The summed E-state index contributed by atoms with van der Waals surface area (Å²) in [5.41, 5.74) is -0.714. The van der Waals surface area contributed by atoms with E-state index in [2.05, 4.69) is 0 Å². The Morgan fingerprint density at radius 1 is 1.07 bits per heavy atom. The lowest BCUT2D eigenvalue weighted by atomic mass is 9.71. The van der Waals surface area contributed by atoms with E-state index in [1.165, 1.54) is 0 Å². The van der Waals surface area contributed by atoms with Crippen LogP contribution in [0.2, 0.25) is 0 Å². The van der Waals surface area contributed by atoms with Gasteiger partial charge in [0.25, 0.3) is 0 Å². The van der Waals surface area contributed by atoms with E-state index in [0.717, 1.165) is 5.56 Å². The Morgan fingerprint density at radius 2 is 1.53 bits per heavy atom. The fourth-order valence-corrected chi connectivity index (χ4v) is 1.57. The monoisotopic (exact) mass is 207 g/mol. The van der Waals surface area contributed by atoms with E-state index >= 15 is 0 Å². The molecule has 0 aliphatic heterocycles. The summed E-state index contributed by atoms with van der Waals surface area (Å²) in [6, 6.07) is 9.17. The van der Waals surface area contributed by atoms with Crippen molar-refractivity contribution in [1.29, 1.82) is 0 Å². The van der Waals surface area contributed by atoms with E-state index in [1.807, 2.05) is 51.1 Å². The third kappa shape index (κ3) is 1.87. The zero-order chi connectivity index (χ0) is 11.7. The van der Waals surface area contributed by atoms with Crippen LogP contribution in [0, 0.1) is 15.5 Å². The van der Waals surface area contributed by atoms with Gasteiger partial charge in [0.1, 0.15) is 0 Å². The fraction of sp³-hybridized carbons (Fsp3) is 0.500. The molecular weight excluding hydrogens is 190 g/mol. The third-order valence-corrected chi connectivity index (χ3v) is 3.16. The summed E-state index contributed by atoms with van der Waals surface area (Å²) in [7, 11) is 0. The van der Waals surface area contributed by atoms with Crippen LogP contribution in [0.15, 0.2) is 30.3 Å². The summed E-state index contributed by atoms with van der Waals surface area (Å²) in [6.07, 6.45) is 0. The van der Waals surface area contributed by atoms with Crippen molar-refractivity contribution in [2.75, 3.05) is 0 Å². The van der Waals surface area contributed by atoms with E-state index < -0.39 is 11.0 Å². The molecule has 0 aromatic heterocycles. The molecule has 0 heterocycles. The second-order valence-corrected chi connectivity index (χ2v) is 4.95. The minimum absolute atomic E-state index is 0.192. The molecule has 3 nitrogen and oxygen atoms in total. The molecule has 0 N–H and O–H groups in total. The van der Waals surface area contributed by atoms with Gasteiger partial charge in [0.2, 0.25) is 5.54 Å². The van der Waals surface area contributed by atoms with E-state index in [9.17, 15) is 10.1 Å². The summed E-state index contributed by atoms with van der Waals surface area (Å²) >= 11 is 0. The zero-order valence-electron chi connectivity index (χ0n) is 9.65. The van der Waals surface area contributed by atoms with Crippen molar-refractivity contribution in [3.05, 3.63) is 46.0 Å². The van der Waals surface area contributed by atoms with Gasteiger partial charge in [0.15, 0.2) is 0 Å². The first-order chi connectivity index (χ1) is 6.80. The Hall–Kier alpha value is -1.38. The van der Waals surface area contributed by atoms with Crippen LogP contribution >= 0.6 is 0 Å². The number of hydrogen-bond acceptors (Lipinski definition) is 2. The highest BCUT2D eigenvalue weighted by atomic mass is 16.6. The zero-order valence-corrected chi connectivity index (χ0v) is 9.65. The van der Waals surface area contributed by atoms with Crippen LogP contribution in [0.3, 0.4) is 0 Å². The van der Waals surface area contributed by atoms with Crippen molar-refractivity contribution in [2.45, 2.75) is 33.2 Å². The summed E-state index contributed by atoms with van der Waals surface area (Å²) in [5.74, 6) is 0. The molecule has 1 rings (SSSR count). The molecule has 82 valence electrons. The van der Waals surface area contributed by atoms with Gasteiger partial charge >= 0.3 is 0 Å². The van der Waals surface area contributed by atoms with Crippen LogP contribution in [-0.4, -0.2) is 4.92 Å². The highest BCUT2D eigenvalue weighted by Crippen LogP contribution is 2.41. The number of hydrogen-bond donors (Lipinski definition) is 0. The van der Waals surface area contributed by atoms with Gasteiger partial charge < -0.3 is 0 Å². The average Bonchev–Trinajstić information content (AvgIpc) is 2.16. The quantitative estimate of drug-likeness (QED) is 0.552. The molecule has 1 aromatic carbocycles. The van der Waals surface area contributed by atoms with E-state index in [-0.39, 0.29) is 4.92 Å². The molecule has 0 spiro atoms.